The lowest BCUT2D eigenvalue weighted by atomic mass is 10.0. The summed E-state index contributed by atoms with van der Waals surface area (Å²) < 4.78 is 0. The minimum atomic E-state index is 0.249. The quantitative estimate of drug-likeness (QED) is 0.615. The van der Waals surface area contributed by atoms with Gasteiger partial charge in [-0.2, -0.15) is 0 Å². The lowest BCUT2D eigenvalue weighted by Crippen LogP contribution is -2.48. The van der Waals surface area contributed by atoms with Crippen molar-refractivity contribution in [3.8, 4) is 12.3 Å². The molecule has 2 heteroatoms. The third-order valence-corrected chi connectivity index (χ3v) is 2.68. The molecule has 0 spiro atoms. The molecule has 0 saturated carbocycles. The number of hydrogen-bond acceptors (Lipinski definition) is 2. The zero-order valence-electron chi connectivity index (χ0n) is 7.79. The molecular weight excluding hydrogens is 148 g/mol. The Morgan fingerprint density at radius 2 is 2.42 bits per heavy atom. The molecule has 1 heterocycles. The van der Waals surface area contributed by atoms with Crippen LogP contribution in [0.3, 0.4) is 0 Å². The molecule has 2 unspecified atom stereocenters. The molecule has 1 fully saturated rings. The van der Waals surface area contributed by atoms with E-state index in [1.807, 2.05) is 0 Å². The van der Waals surface area contributed by atoms with E-state index in [2.05, 4.69) is 17.7 Å². The smallest absolute Gasteiger partial charge is 0.0686 e. The first-order valence-electron chi connectivity index (χ1n) is 4.71. The summed E-state index contributed by atoms with van der Waals surface area (Å²) in [6.45, 7) is 3.94. The fourth-order valence-electron chi connectivity index (χ4n) is 1.88. The summed E-state index contributed by atoms with van der Waals surface area (Å²) in [6, 6.07) is 0.767. The van der Waals surface area contributed by atoms with Crippen LogP contribution in [-0.2, 0) is 0 Å². The molecule has 1 saturated heterocycles. The van der Waals surface area contributed by atoms with Gasteiger partial charge < -0.3 is 5.73 Å². The number of nitrogens with two attached hydrogens (primary N) is 1. The highest BCUT2D eigenvalue weighted by atomic mass is 15.2. The van der Waals surface area contributed by atoms with Crippen molar-refractivity contribution in [2.75, 3.05) is 13.1 Å². The van der Waals surface area contributed by atoms with E-state index in [9.17, 15) is 0 Å². The Hall–Kier alpha value is -0.520. The number of nitrogens with zero attached hydrogens (tertiary/aromatic N) is 1. The Kier molecular flexibility index (Phi) is 3.58. The van der Waals surface area contributed by atoms with Crippen LogP contribution in [0.4, 0.5) is 0 Å². The summed E-state index contributed by atoms with van der Waals surface area (Å²) >= 11 is 0. The molecule has 1 rings (SSSR count). The summed E-state index contributed by atoms with van der Waals surface area (Å²) in [5, 5.41) is 0. The molecule has 68 valence electrons. The van der Waals surface area contributed by atoms with Gasteiger partial charge >= 0.3 is 0 Å². The predicted octanol–water partition coefficient (Wildman–Crippen LogP) is 0.821. The highest BCUT2D eigenvalue weighted by Crippen LogP contribution is 2.18. The van der Waals surface area contributed by atoms with E-state index in [0.29, 0.717) is 6.04 Å². The van der Waals surface area contributed by atoms with Crippen molar-refractivity contribution in [2.45, 2.75) is 38.3 Å². The van der Waals surface area contributed by atoms with Gasteiger partial charge in [-0.15, -0.1) is 6.42 Å². The third kappa shape index (κ3) is 2.00. The Morgan fingerprint density at radius 3 is 3.00 bits per heavy atom. The molecule has 0 aromatic carbocycles. The van der Waals surface area contributed by atoms with Crippen molar-refractivity contribution in [1.82, 2.24) is 4.90 Å². The Morgan fingerprint density at radius 1 is 1.67 bits per heavy atom. The van der Waals surface area contributed by atoms with Crippen LogP contribution in [0, 0.1) is 12.3 Å². The maximum atomic E-state index is 5.68. The maximum absolute atomic E-state index is 5.68. The van der Waals surface area contributed by atoms with Gasteiger partial charge in [-0.3, -0.25) is 4.90 Å². The lowest BCUT2D eigenvalue weighted by Gasteiger charge is -2.37. The molecule has 0 amide bonds. The topological polar surface area (TPSA) is 29.3 Å². The Balaban J connectivity index is 2.53. The molecule has 1 aliphatic rings. The first-order chi connectivity index (χ1) is 5.79. The van der Waals surface area contributed by atoms with Gasteiger partial charge in [-0.05, 0) is 26.3 Å². The van der Waals surface area contributed by atoms with Crippen LogP contribution in [0.25, 0.3) is 0 Å². The molecule has 1 aliphatic heterocycles. The molecule has 0 aliphatic carbocycles. The van der Waals surface area contributed by atoms with E-state index < -0.39 is 0 Å². The minimum absolute atomic E-state index is 0.249. The van der Waals surface area contributed by atoms with Gasteiger partial charge in [-0.1, -0.05) is 12.3 Å². The molecule has 2 N–H and O–H groups in total. The van der Waals surface area contributed by atoms with Crippen LogP contribution in [0.5, 0.6) is 0 Å². The number of hydrogen-bond donors (Lipinski definition) is 1. The van der Waals surface area contributed by atoms with E-state index in [4.69, 9.17) is 12.2 Å². The largest absolute Gasteiger partial charge is 0.329 e. The summed E-state index contributed by atoms with van der Waals surface area (Å²) in [5.41, 5.74) is 5.68. The molecule has 0 bridgehead atoms. The van der Waals surface area contributed by atoms with E-state index in [1.165, 1.54) is 19.3 Å². The van der Waals surface area contributed by atoms with Crippen LogP contribution in [-0.4, -0.2) is 30.1 Å². The van der Waals surface area contributed by atoms with Crippen LogP contribution >= 0.6 is 0 Å². The fourth-order valence-corrected chi connectivity index (χ4v) is 1.88. The van der Waals surface area contributed by atoms with Gasteiger partial charge in [0, 0.05) is 12.6 Å². The lowest BCUT2D eigenvalue weighted by molar-refractivity contribution is 0.133. The molecule has 2 atom stereocenters. The Bertz CT molecular complexity index is 171. The maximum Gasteiger partial charge on any atom is 0.0686 e. The fraction of sp³-hybridized carbons (Fsp3) is 0.800. The second-order valence-corrected chi connectivity index (χ2v) is 3.47. The van der Waals surface area contributed by atoms with Crippen LogP contribution in [0.2, 0.25) is 0 Å². The zero-order valence-corrected chi connectivity index (χ0v) is 7.79. The zero-order chi connectivity index (χ0) is 8.97. The number of rotatable bonds is 2. The van der Waals surface area contributed by atoms with Gasteiger partial charge in [0.1, 0.15) is 0 Å². The first kappa shape index (κ1) is 9.57. The standard InChI is InChI=1S/C10H18N2/c1-3-9(2)12-7-5-4-6-10(12)8-11/h1,9-10H,4-8,11H2,2H3. The highest BCUT2D eigenvalue weighted by molar-refractivity contribution is 4.99. The average molecular weight is 166 g/mol. The first-order valence-corrected chi connectivity index (χ1v) is 4.71. The van der Waals surface area contributed by atoms with Crippen molar-refractivity contribution in [1.29, 1.82) is 0 Å². The molecular formula is C10H18N2. The molecule has 0 aromatic rings. The number of piperidine rings is 1. The van der Waals surface area contributed by atoms with Gasteiger partial charge in [-0.25, -0.2) is 0 Å². The Labute approximate surface area is 75.1 Å². The van der Waals surface area contributed by atoms with Gasteiger partial charge in [0.2, 0.25) is 0 Å². The van der Waals surface area contributed by atoms with Crippen LogP contribution in [0.15, 0.2) is 0 Å². The summed E-state index contributed by atoms with van der Waals surface area (Å²) in [5.74, 6) is 2.77. The second-order valence-electron chi connectivity index (χ2n) is 3.47. The second kappa shape index (κ2) is 4.49. The van der Waals surface area contributed by atoms with E-state index in [1.54, 1.807) is 0 Å². The summed E-state index contributed by atoms with van der Waals surface area (Å²) in [7, 11) is 0. The molecule has 0 radical (unpaired) electrons. The van der Waals surface area contributed by atoms with Crippen LogP contribution in [0.1, 0.15) is 26.2 Å². The molecule has 2 nitrogen and oxygen atoms in total. The van der Waals surface area contributed by atoms with Crippen molar-refractivity contribution in [3.63, 3.8) is 0 Å². The van der Waals surface area contributed by atoms with Crippen LogP contribution < -0.4 is 5.73 Å². The van der Waals surface area contributed by atoms with Crippen molar-refractivity contribution in [3.05, 3.63) is 0 Å². The predicted molar refractivity (Wildman–Crippen MR) is 51.7 cm³/mol. The molecule has 0 aromatic heterocycles. The van der Waals surface area contributed by atoms with Gasteiger partial charge in [0.15, 0.2) is 0 Å². The summed E-state index contributed by atoms with van der Waals surface area (Å²) in [4.78, 5) is 2.35. The van der Waals surface area contributed by atoms with Gasteiger partial charge in [0.05, 0.1) is 6.04 Å². The monoisotopic (exact) mass is 166 g/mol. The summed E-state index contributed by atoms with van der Waals surface area (Å²) in [6.07, 6.45) is 9.17. The third-order valence-electron chi connectivity index (χ3n) is 2.68. The normalized spacial score (nSPS) is 27.9. The number of likely N-dealkylation sites (tertiary alicyclic amines) is 1. The molecule has 12 heavy (non-hydrogen) atoms. The van der Waals surface area contributed by atoms with Crippen molar-refractivity contribution in [2.24, 2.45) is 5.73 Å². The van der Waals surface area contributed by atoms with E-state index >= 15 is 0 Å². The minimum Gasteiger partial charge on any atom is -0.329 e. The van der Waals surface area contributed by atoms with Crippen molar-refractivity contribution >= 4 is 0 Å². The van der Waals surface area contributed by atoms with Gasteiger partial charge in [0.25, 0.3) is 0 Å². The SMILES string of the molecule is C#CC(C)N1CCCCC1CN. The number of terminal acetylenes is 1. The highest BCUT2D eigenvalue weighted by Gasteiger charge is 2.23. The van der Waals surface area contributed by atoms with Crippen molar-refractivity contribution < 1.29 is 0 Å². The van der Waals surface area contributed by atoms with E-state index in [-0.39, 0.29) is 6.04 Å². The average Bonchev–Trinajstić information content (AvgIpc) is 2.16. The van der Waals surface area contributed by atoms with E-state index in [0.717, 1.165) is 13.1 Å².